The van der Waals surface area contributed by atoms with E-state index in [1.807, 2.05) is 54.6 Å². The Morgan fingerprint density at radius 2 is 1.46 bits per heavy atom. The Kier molecular flexibility index (Phi) is 8.61. The molecule has 0 saturated heterocycles. The molecule has 0 aromatic heterocycles. The van der Waals surface area contributed by atoms with Gasteiger partial charge in [-0.25, -0.2) is 8.42 Å². The average Bonchev–Trinajstić information content (AvgIpc) is 2.92. The molecule has 1 amide bonds. The second kappa shape index (κ2) is 12.1. The van der Waals surface area contributed by atoms with Gasteiger partial charge in [-0.15, -0.1) is 0 Å². The van der Waals surface area contributed by atoms with E-state index in [9.17, 15) is 13.2 Å². The van der Waals surface area contributed by atoms with Crippen molar-refractivity contribution in [3.05, 3.63) is 130 Å². The normalized spacial score (nSPS) is 11.3. The largest absolute Gasteiger partial charge is 0.497 e. The predicted molar refractivity (Wildman–Crippen MR) is 145 cm³/mol. The standard InChI is InChI=1S/C29H27ClN2O4S/c1-36-27-9-5-8-24(18-27)21-32(37(34,35)28-16-14-26(30)15-17-28)20-23-10-12-25(13-11-23)29(33)31-19-22-6-3-2-4-7-22/h2-18H,19-21H2,1H3,(H,31,33). The van der Waals surface area contributed by atoms with Crippen LogP contribution >= 0.6 is 11.6 Å². The number of sulfonamides is 1. The molecular weight excluding hydrogens is 508 g/mol. The lowest BCUT2D eigenvalue weighted by molar-refractivity contribution is 0.0951. The van der Waals surface area contributed by atoms with E-state index in [-0.39, 0.29) is 23.9 Å². The van der Waals surface area contributed by atoms with Crippen molar-refractivity contribution in [2.75, 3.05) is 7.11 Å². The van der Waals surface area contributed by atoms with Crippen molar-refractivity contribution in [2.45, 2.75) is 24.5 Å². The zero-order valence-electron chi connectivity index (χ0n) is 20.3. The van der Waals surface area contributed by atoms with Crippen LogP contribution in [0.4, 0.5) is 0 Å². The van der Waals surface area contributed by atoms with E-state index in [0.717, 1.165) is 16.7 Å². The second-order valence-electron chi connectivity index (χ2n) is 8.44. The highest BCUT2D eigenvalue weighted by Gasteiger charge is 2.25. The SMILES string of the molecule is COc1cccc(CN(Cc2ccc(C(=O)NCc3ccccc3)cc2)S(=O)(=O)c2ccc(Cl)cc2)c1. The highest BCUT2D eigenvalue weighted by Crippen LogP contribution is 2.24. The highest BCUT2D eigenvalue weighted by molar-refractivity contribution is 7.89. The quantitative estimate of drug-likeness (QED) is 0.284. The zero-order valence-corrected chi connectivity index (χ0v) is 21.9. The lowest BCUT2D eigenvalue weighted by atomic mass is 10.1. The maximum absolute atomic E-state index is 13.6. The predicted octanol–water partition coefficient (Wildman–Crippen LogP) is 5.67. The van der Waals surface area contributed by atoms with Gasteiger partial charge in [0.2, 0.25) is 10.0 Å². The molecule has 0 aliphatic carbocycles. The van der Waals surface area contributed by atoms with Gasteiger partial charge in [-0.1, -0.05) is 66.2 Å². The van der Waals surface area contributed by atoms with Crippen LogP contribution in [0.3, 0.4) is 0 Å². The van der Waals surface area contributed by atoms with E-state index < -0.39 is 10.0 Å². The highest BCUT2D eigenvalue weighted by atomic mass is 35.5. The van der Waals surface area contributed by atoms with Crippen molar-refractivity contribution in [3.63, 3.8) is 0 Å². The van der Waals surface area contributed by atoms with E-state index in [1.54, 1.807) is 43.5 Å². The van der Waals surface area contributed by atoms with Crippen LogP contribution in [0.2, 0.25) is 5.02 Å². The van der Waals surface area contributed by atoms with Crippen molar-refractivity contribution in [2.24, 2.45) is 0 Å². The van der Waals surface area contributed by atoms with Crippen LogP contribution in [0.1, 0.15) is 27.0 Å². The Hall–Kier alpha value is -3.65. The monoisotopic (exact) mass is 534 g/mol. The number of ether oxygens (including phenoxy) is 1. The van der Waals surface area contributed by atoms with Gasteiger partial charge in [0.25, 0.3) is 5.91 Å². The molecule has 0 fully saturated rings. The smallest absolute Gasteiger partial charge is 0.251 e. The van der Waals surface area contributed by atoms with Gasteiger partial charge in [0, 0.05) is 30.2 Å². The van der Waals surface area contributed by atoms with Gasteiger partial charge >= 0.3 is 0 Å². The molecule has 6 nitrogen and oxygen atoms in total. The number of carbonyl (C=O) groups is 1. The van der Waals surface area contributed by atoms with Gasteiger partial charge in [0.15, 0.2) is 0 Å². The number of nitrogens with zero attached hydrogens (tertiary/aromatic N) is 1. The molecule has 0 saturated carbocycles. The summed E-state index contributed by atoms with van der Waals surface area (Å²) in [4.78, 5) is 12.7. The third-order valence-corrected chi connectivity index (χ3v) is 7.87. The van der Waals surface area contributed by atoms with Gasteiger partial charge in [-0.3, -0.25) is 4.79 Å². The van der Waals surface area contributed by atoms with Gasteiger partial charge in [0.05, 0.1) is 12.0 Å². The van der Waals surface area contributed by atoms with Crippen LogP contribution in [-0.2, 0) is 29.7 Å². The van der Waals surface area contributed by atoms with Gasteiger partial charge in [-0.2, -0.15) is 4.31 Å². The summed E-state index contributed by atoms with van der Waals surface area (Å²) >= 11 is 5.98. The van der Waals surface area contributed by atoms with E-state index in [1.165, 1.54) is 16.4 Å². The average molecular weight is 535 g/mol. The van der Waals surface area contributed by atoms with Crippen molar-refractivity contribution < 1.29 is 17.9 Å². The number of nitrogens with one attached hydrogen (secondary N) is 1. The minimum absolute atomic E-state index is 0.119. The van der Waals surface area contributed by atoms with E-state index in [4.69, 9.17) is 16.3 Å². The summed E-state index contributed by atoms with van der Waals surface area (Å²) in [6, 6.07) is 30.0. The lowest BCUT2D eigenvalue weighted by Crippen LogP contribution is -2.30. The molecule has 0 aliphatic rings. The molecule has 4 aromatic rings. The Morgan fingerprint density at radius 1 is 0.811 bits per heavy atom. The minimum atomic E-state index is -3.84. The summed E-state index contributed by atoms with van der Waals surface area (Å²) < 4.78 is 33.9. The van der Waals surface area contributed by atoms with Gasteiger partial charge < -0.3 is 10.1 Å². The fourth-order valence-corrected chi connectivity index (χ4v) is 5.34. The maximum atomic E-state index is 13.6. The third-order valence-electron chi connectivity index (χ3n) is 5.82. The van der Waals surface area contributed by atoms with Crippen molar-refractivity contribution in [1.82, 2.24) is 9.62 Å². The fraction of sp³-hybridized carbons (Fsp3) is 0.138. The topological polar surface area (TPSA) is 75.7 Å². The van der Waals surface area contributed by atoms with Crippen molar-refractivity contribution >= 4 is 27.5 Å². The van der Waals surface area contributed by atoms with Crippen LogP contribution in [0.25, 0.3) is 0 Å². The van der Waals surface area contributed by atoms with E-state index >= 15 is 0 Å². The summed E-state index contributed by atoms with van der Waals surface area (Å²) in [5.74, 6) is 0.449. The third kappa shape index (κ3) is 6.98. The van der Waals surface area contributed by atoms with Crippen molar-refractivity contribution in [1.29, 1.82) is 0 Å². The number of halogens is 1. The van der Waals surface area contributed by atoms with Crippen LogP contribution in [0.15, 0.2) is 108 Å². The molecule has 0 radical (unpaired) electrons. The van der Waals surface area contributed by atoms with Crippen LogP contribution in [0, 0.1) is 0 Å². The van der Waals surface area contributed by atoms with E-state index in [2.05, 4.69) is 5.32 Å². The first-order chi connectivity index (χ1) is 17.8. The lowest BCUT2D eigenvalue weighted by Gasteiger charge is -2.23. The number of hydrogen-bond acceptors (Lipinski definition) is 4. The Balaban J connectivity index is 1.54. The molecule has 0 spiro atoms. The number of hydrogen-bond donors (Lipinski definition) is 1. The number of rotatable bonds is 10. The number of carbonyl (C=O) groups excluding carboxylic acids is 1. The molecular formula is C29H27ClN2O4S. The number of benzene rings is 4. The first kappa shape index (κ1) is 26.4. The van der Waals surface area contributed by atoms with Crippen LogP contribution in [0.5, 0.6) is 5.75 Å². The molecule has 0 heterocycles. The summed E-state index contributed by atoms with van der Waals surface area (Å²) in [7, 11) is -2.28. The Bertz CT molecular complexity index is 1440. The molecule has 0 bridgehead atoms. The number of methoxy groups -OCH3 is 1. The molecule has 8 heteroatoms. The van der Waals surface area contributed by atoms with Crippen LogP contribution in [-0.4, -0.2) is 25.7 Å². The molecule has 4 rings (SSSR count). The van der Waals surface area contributed by atoms with Gasteiger partial charge in [0.1, 0.15) is 5.75 Å². The first-order valence-corrected chi connectivity index (χ1v) is 13.5. The zero-order chi connectivity index (χ0) is 26.3. The molecule has 37 heavy (non-hydrogen) atoms. The fourth-order valence-electron chi connectivity index (χ4n) is 3.80. The molecule has 1 N–H and O–H groups in total. The molecule has 0 atom stereocenters. The molecule has 0 aliphatic heterocycles. The first-order valence-electron chi connectivity index (χ1n) is 11.6. The maximum Gasteiger partial charge on any atom is 0.251 e. The van der Waals surface area contributed by atoms with Crippen molar-refractivity contribution in [3.8, 4) is 5.75 Å². The van der Waals surface area contributed by atoms with E-state index in [0.29, 0.717) is 22.9 Å². The summed E-state index contributed by atoms with van der Waals surface area (Å²) in [5.41, 5.74) is 3.04. The minimum Gasteiger partial charge on any atom is -0.497 e. The second-order valence-corrected chi connectivity index (χ2v) is 10.8. The molecule has 4 aromatic carbocycles. The number of amides is 1. The van der Waals surface area contributed by atoms with Crippen LogP contribution < -0.4 is 10.1 Å². The summed E-state index contributed by atoms with van der Waals surface area (Å²) in [6.45, 7) is 0.685. The molecule has 0 unspecified atom stereocenters. The van der Waals surface area contributed by atoms with Gasteiger partial charge in [-0.05, 0) is 65.2 Å². The Morgan fingerprint density at radius 3 is 2.14 bits per heavy atom. The molecule has 190 valence electrons. The Labute approximate surface area is 222 Å². The summed E-state index contributed by atoms with van der Waals surface area (Å²) in [5, 5.41) is 3.36. The summed E-state index contributed by atoms with van der Waals surface area (Å²) in [6.07, 6.45) is 0.